The number of aliphatic hydroxyl groups excluding tert-OH is 1. The average Bonchev–Trinajstić information content (AvgIpc) is 2.18. The highest BCUT2D eigenvalue weighted by atomic mass is 32.2. The maximum Gasteiger partial charge on any atom is 0.246 e. The maximum absolute atomic E-state index is 13.4. The maximum atomic E-state index is 13.4. The molecule has 17 heavy (non-hydrogen) atoms. The second-order valence-electron chi connectivity index (χ2n) is 3.79. The van der Waals surface area contributed by atoms with E-state index in [0.29, 0.717) is 6.07 Å². The highest BCUT2D eigenvalue weighted by Gasteiger charge is 2.37. The third kappa shape index (κ3) is 1.99. The standard InChI is InChI=1S/C9H10F2N2O3S/c10-7-1-5(12)2-8(9(7)11)17(15,16)13-3-6(14)4-13/h1-2,6,14H,3-4,12H2. The molecule has 1 fully saturated rings. The van der Waals surface area contributed by atoms with E-state index in [9.17, 15) is 17.2 Å². The topological polar surface area (TPSA) is 83.6 Å². The van der Waals surface area contributed by atoms with Crippen molar-refractivity contribution in [1.82, 2.24) is 4.31 Å². The van der Waals surface area contributed by atoms with Crippen molar-refractivity contribution in [1.29, 1.82) is 0 Å². The minimum Gasteiger partial charge on any atom is -0.399 e. The molecule has 0 amide bonds. The van der Waals surface area contributed by atoms with E-state index >= 15 is 0 Å². The van der Waals surface area contributed by atoms with Crippen LogP contribution in [0.2, 0.25) is 0 Å². The Kier molecular flexibility index (Phi) is 2.80. The number of hydrogen-bond donors (Lipinski definition) is 2. The van der Waals surface area contributed by atoms with Crippen molar-refractivity contribution in [3.05, 3.63) is 23.8 Å². The second-order valence-corrected chi connectivity index (χ2v) is 5.70. The van der Waals surface area contributed by atoms with Crippen molar-refractivity contribution in [2.45, 2.75) is 11.0 Å². The summed E-state index contributed by atoms with van der Waals surface area (Å²) < 4.78 is 51.0. The van der Waals surface area contributed by atoms with Gasteiger partial charge in [-0.3, -0.25) is 0 Å². The van der Waals surface area contributed by atoms with Gasteiger partial charge in [0.2, 0.25) is 10.0 Å². The Bertz CT molecular complexity index is 556. The highest BCUT2D eigenvalue weighted by Crippen LogP contribution is 2.27. The van der Waals surface area contributed by atoms with Crippen LogP contribution >= 0.6 is 0 Å². The van der Waals surface area contributed by atoms with Crippen LogP contribution in [0, 0.1) is 11.6 Å². The Balaban J connectivity index is 2.47. The molecule has 2 rings (SSSR count). The molecular formula is C9H10F2N2O3S. The van der Waals surface area contributed by atoms with Crippen LogP contribution in [0.3, 0.4) is 0 Å². The molecule has 0 aliphatic carbocycles. The number of nitrogens with two attached hydrogens (primary N) is 1. The molecule has 1 saturated heterocycles. The summed E-state index contributed by atoms with van der Waals surface area (Å²) >= 11 is 0. The predicted octanol–water partition coefficient (Wildman–Crippen LogP) is -0.0878. The summed E-state index contributed by atoms with van der Waals surface area (Å²) in [5.41, 5.74) is 5.10. The van der Waals surface area contributed by atoms with Gasteiger partial charge in [0.1, 0.15) is 4.90 Å². The SMILES string of the molecule is Nc1cc(F)c(F)c(S(=O)(=O)N2CC(O)C2)c1. The first kappa shape index (κ1) is 12.2. The van der Waals surface area contributed by atoms with Gasteiger partial charge in [-0.25, -0.2) is 17.2 Å². The summed E-state index contributed by atoms with van der Waals surface area (Å²) in [7, 11) is -4.13. The Morgan fingerprint density at radius 2 is 1.94 bits per heavy atom. The average molecular weight is 264 g/mol. The second kappa shape index (κ2) is 3.90. The summed E-state index contributed by atoms with van der Waals surface area (Å²) in [5.74, 6) is -2.77. The lowest BCUT2D eigenvalue weighted by atomic mass is 10.2. The summed E-state index contributed by atoms with van der Waals surface area (Å²) in [5, 5.41) is 9.01. The third-order valence-electron chi connectivity index (χ3n) is 2.46. The number of halogens is 2. The van der Waals surface area contributed by atoms with Crippen LogP contribution in [0.15, 0.2) is 17.0 Å². The predicted molar refractivity (Wildman–Crippen MR) is 55.5 cm³/mol. The van der Waals surface area contributed by atoms with E-state index < -0.39 is 32.7 Å². The Morgan fingerprint density at radius 1 is 1.35 bits per heavy atom. The monoisotopic (exact) mass is 264 g/mol. The molecule has 0 unspecified atom stereocenters. The van der Waals surface area contributed by atoms with Gasteiger partial charge in [0, 0.05) is 18.8 Å². The van der Waals surface area contributed by atoms with Crippen molar-refractivity contribution < 1.29 is 22.3 Å². The normalized spacial score (nSPS) is 18.1. The van der Waals surface area contributed by atoms with Gasteiger partial charge in [-0.15, -0.1) is 0 Å². The van der Waals surface area contributed by atoms with Gasteiger partial charge in [0.25, 0.3) is 0 Å². The summed E-state index contributed by atoms with van der Waals surface area (Å²) in [6, 6.07) is 1.57. The van der Waals surface area contributed by atoms with Crippen LogP contribution in [-0.2, 0) is 10.0 Å². The zero-order valence-corrected chi connectivity index (χ0v) is 9.42. The molecule has 1 aromatic rings. The molecule has 0 spiro atoms. The number of aliphatic hydroxyl groups is 1. The van der Waals surface area contributed by atoms with Crippen LogP contribution in [0.1, 0.15) is 0 Å². The van der Waals surface area contributed by atoms with Crippen molar-refractivity contribution >= 4 is 15.7 Å². The lowest BCUT2D eigenvalue weighted by Crippen LogP contribution is -2.53. The minimum absolute atomic E-state index is 0.127. The van der Waals surface area contributed by atoms with E-state index in [0.717, 1.165) is 10.4 Å². The van der Waals surface area contributed by atoms with Crippen molar-refractivity contribution in [2.24, 2.45) is 0 Å². The fourth-order valence-electron chi connectivity index (χ4n) is 1.52. The largest absolute Gasteiger partial charge is 0.399 e. The van der Waals surface area contributed by atoms with Crippen molar-refractivity contribution in [3.63, 3.8) is 0 Å². The number of rotatable bonds is 2. The number of hydrogen-bond acceptors (Lipinski definition) is 4. The van der Waals surface area contributed by atoms with E-state index in [1.165, 1.54) is 0 Å². The van der Waals surface area contributed by atoms with Gasteiger partial charge < -0.3 is 10.8 Å². The molecular weight excluding hydrogens is 254 g/mol. The lowest BCUT2D eigenvalue weighted by Gasteiger charge is -2.34. The molecule has 1 heterocycles. The van der Waals surface area contributed by atoms with Gasteiger partial charge >= 0.3 is 0 Å². The molecule has 0 radical (unpaired) electrons. The minimum atomic E-state index is -4.13. The molecule has 5 nitrogen and oxygen atoms in total. The summed E-state index contributed by atoms with van der Waals surface area (Å²) in [4.78, 5) is -0.804. The van der Waals surface area contributed by atoms with E-state index in [1.807, 2.05) is 0 Å². The van der Waals surface area contributed by atoms with E-state index in [2.05, 4.69) is 0 Å². The van der Waals surface area contributed by atoms with Crippen LogP contribution in [0.25, 0.3) is 0 Å². The molecule has 1 aliphatic heterocycles. The smallest absolute Gasteiger partial charge is 0.246 e. The van der Waals surface area contributed by atoms with E-state index in [1.54, 1.807) is 0 Å². The van der Waals surface area contributed by atoms with Gasteiger partial charge in [0.15, 0.2) is 11.6 Å². The van der Waals surface area contributed by atoms with E-state index in [-0.39, 0.29) is 18.8 Å². The van der Waals surface area contributed by atoms with E-state index in [4.69, 9.17) is 10.8 Å². The van der Waals surface area contributed by atoms with Crippen LogP contribution in [0.4, 0.5) is 14.5 Å². The van der Waals surface area contributed by atoms with Gasteiger partial charge in [0.05, 0.1) is 6.10 Å². The number of nitrogens with zero attached hydrogens (tertiary/aromatic N) is 1. The first-order valence-electron chi connectivity index (χ1n) is 4.75. The Morgan fingerprint density at radius 3 is 2.47 bits per heavy atom. The number of benzene rings is 1. The molecule has 0 aromatic heterocycles. The molecule has 3 N–H and O–H groups in total. The lowest BCUT2D eigenvalue weighted by molar-refractivity contribution is 0.0546. The zero-order valence-electron chi connectivity index (χ0n) is 8.60. The first-order valence-corrected chi connectivity index (χ1v) is 6.19. The van der Waals surface area contributed by atoms with Crippen molar-refractivity contribution in [2.75, 3.05) is 18.8 Å². The summed E-state index contributed by atoms with van der Waals surface area (Å²) in [6.45, 7) is -0.254. The van der Waals surface area contributed by atoms with Crippen LogP contribution in [-0.4, -0.2) is 37.0 Å². The first-order chi connectivity index (χ1) is 7.82. The molecule has 94 valence electrons. The number of nitrogen functional groups attached to an aromatic ring is 1. The Hall–Kier alpha value is -1.25. The Labute approximate surface area is 96.5 Å². The van der Waals surface area contributed by atoms with Gasteiger partial charge in [-0.05, 0) is 12.1 Å². The molecule has 8 heteroatoms. The molecule has 0 atom stereocenters. The quantitative estimate of drug-likeness (QED) is 0.731. The molecule has 0 saturated carbocycles. The molecule has 0 bridgehead atoms. The number of sulfonamides is 1. The fourth-order valence-corrected chi connectivity index (χ4v) is 3.15. The highest BCUT2D eigenvalue weighted by molar-refractivity contribution is 7.89. The number of β-amino-alcohol motifs (C(OH)–C–C–N with tert-alkyl or cyclic N) is 1. The third-order valence-corrected chi connectivity index (χ3v) is 4.29. The number of anilines is 1. The van der Waals surface area contributed by atoms with Crippen molar-refractivity contribution in [3.8, 4) is 0 Å². The van der Waals surface area contributed by atoms with Gasteiger partial charge in [-0.2, -0.15) is 4.31 Å². The fraction of sp³-hybridized carbons (Fsp3) is 0.333. The summed E-state index contributed by atoms with van der Waals surface area (Å²) in [6.07, 6.45) is -0.765. The zero-order chi connectivity index (χ0) is 12.8. The molecule has 1 aromatic carbocycles. The van der Waals surface area contributed by atoms with Crippen LogP contribution in [0.5, 0.6) is 0 Å². The van der Waals surface area contributed by atoms with Crippen LogP contribution < -0.4 is 5.73 Å². The van der Waals surface area contributed by atoms with Gasteiger partial charge in [-0.1, -0.05) is 0 Å². The molecule has 1 aliphatic rings.